The zero-order chi connectivity index (χ0) is 17.5. The fourth-order valence-electron chi connectivity index (χ4n) is 1.89. The summed E-state index contributed by atoms with van der Waals surface area (Å²) in [5, 5.41) is 3.73. The summed E-state index contributed by atoms with van der Waals surface area (Å²) in [5.74, 6) is 0.461. The van der Waals surface area contributed by atoms with Crippen molar-refractivity contribution in [2.24, 2.45) is 0 Å². The van der Waals surface area contributed by atoms with Gasteiger partial charge in [-0.1, -0.05) is 29.8 Å². The molecular formula is C18H20N2O4. The van der Waals surface area contributed by atoms with Gasteiger partial charge in [-0.2, -0.15) is 0 Å². The minimum absolute atomic E-state index is 0.0405. The van der Waals surface area contributed by atoms with Gasteiger partial charge in [-0.15, -0.1) is 0 Å². The highest BCUT2D eigenvalue weighted by Gasteiger charge is 2.09. The Kier molecular flexibility index (Phi) is 5.92. The molecule has 1 N–H and O–H groups in total. The van der Waals surface area contributed by atoms with Crippen LogP contribution in [0.3, 0.4) is 0 Å². The number of ether oxygens (including phenoxy) is 1. The predicted octanol–water partition coefficient (Wildman–Crippen LogP) is 3.28. The van der Waals surface area contributed by atoms with Crippen molar-refractivity contribution in [1.29, 1.82) is 0 Å². The SMILES string of the molecule is CON(C)C(=O)Nc1ccc(OCC(=O)c2ccc(C)cc2)cc1. The largest absolute Gasteiger partial charge is 0.485 e. The van der Waals surface area contributed by atoms with E-state index in [0.29, 0.717) is 17.0 Å². The molecule has 6 nitrogen and oxygen atoms in total. The number of carbonyl (C=O) groups is 2. The van der Waals surface area contributed by atoms with E-state index in [9.17, 15) is 9.59 Å². The Bertz CT molecular complexity index is 696. The Labute approximate surface area is 140 Å². The summed E-state index contributed by atoms with van der Waals surface area (Å²) >= 11 is 0. The van der Waals surface area contributed by atoms with Gasteiger partial charge in [-0.3, -0.25) is 9.63 Å². The van der Waals surface area contributed by atoms with Gasteiger partial charge in [0.05, 0.1) is 7.11 Å². The zero-order valence-electron chi connectivity index (χ0n) is 13.9. The van der Waals surface area contributed by atoms with Gasteiger partial charge in [0.2, 0.25) is 0 Å². The number of amides is 2. The monoisotopic (exact) mass is 328 g/mol. The number of ketones is 1. The van der Waals surface area contributed by atoms with Crippen LogP contribution in [0, 0.1) is 6.92 Å². The highest BCUT2D eigenvalue weighted by Crippen LogP contribution is 2.16. The molecule has 0 aromatic heterocycles. The average Bonchev–Trinajstić information content (AvgIpc) is 2.60. The van der Waals surface area contributed by atoms with Gasteiger partial charge in [0, 0.05) is 18.3 Å². The molecule has 2 aromatic rings. The number of hydrogen-bond acceptors (Lipinski definition) is 4. The first kappa shape index (κ1) is 17.5. The van der Waals surface area contributed by atoms with Crippen LogP contribution in [0.1, 0.15) is 15.9 Å². The van der Waals surface area contributed by atoms with Crippen LogP contribution in [-0.2, 0) is 4.84 Å². The predicted molar refractivity (Wildman–Crippen MR) is 91.2 cm³/mol. The number of hydroxylamine groups is 2. The van der Waals surface area contributed by atoms with E-state index in [4.69, 9.17) is 9.57 Å². The molecule has 0 aliphatic rings. The van der Waals surface area contributed by atoms with Gasteiger partial charge in [-0.05, 0) is 31.2 Å². The number of nitrogens with one attached hydrogen (secondary N) is 1. The zero-order valence-corrected chi connectivity index (χ0v) is 13.9. The molecule has 0 spiro atoms. The second-order valence-corrected chi connectivity index (χ2v) is 5.21. The summed E-state index contributed by atoms with van der Waals surface area (Å²) in [6.07, 6.45) is 0. The fraction of sp³-hybridized carbons (Fsp3) is 0.222. The van der Waals surface area contributed by atoms with Crippen molar-refractivity contribution in [1.82, 2.24) is 5.06 Å². The molecule has 0 saturated carbocycles. The summed E-state index contributed by atoms with van der Waals surface area (Å²) in [7, 11) is 2.91. The molecule has 24 heavy (non-hydrogen) atoms. The van der Waals surface area contributed by atoms with E-state index in [1.54, 1.807) is 36.4 Å². The molecule has 0 aliphatic heterocycles. The third kappa shape index (κ3) is 4.82. The maximum Gasteiger partial charge on any atom is 0.345 e. The van der Waals surface area contributed by atoms with Gasteiger partial charge in [0.15, 0.2) is 12.4 Å². The molecule has 2 amide bonds. The molecule has 0 saturated heterocycles. The van der Waals surface area contributed by atoms with Crippen molar-refractivity contribution in [2.45, 2.75) is 6.92 Å². The van der Waals surface area contributed by atoms with Crippen LogP contribution in [-0.4, -0.2) is 37.6 Å². The van der Waals surface area contributed by atoms with E-state index in [1.165, 1.54) is 14.2 Å². The topological polar surface area (TPSA) is 67.9 Å². The van der Waals surface area contributed by atoms with Crippen molar-refractivity contribution in [2.75, 3.05) is 26.1 Å². The minimum Gasteiger partial charge on any atom is -0.485 e. The van der Waals surface area contributed by atoms with Crippen molar-refractivity contribution >= 4 is 17.5 Å². The lowest BCUT2D eigenvalue weighted by Gasteiger charge is -2.14. The van der Waals surface area contributed by atoms with Gasteiger partial charge < -0.3 is 10.1 Å². The summed E-state index contributed by atoms with van der Waals surface area (Å²) in [4.78, 5) is 28.5. The normalized spacial score (nSPS) is 10.1. The Morgan fingerprint density at radius 2 is 1.67 bits per heavy atom. The highest BCUT2D eigenvalue weighted by atomic mass is 16.7. The van der Waals surface area contributed by atoms with E-state index < -0.39 is 0 Å². The first-order chi connectivity index (χ1) is 11.5. The number of aryl methyl sites for hydroxylation is 1. The van der Waals surface area contributed by atoms with Crippen molar-refractivity contribution in [3.8, 4) is 5.75 Å². The Morgan fingerprint density at radius 1 is 1.04 bits per heavy atom. The van der Waals surface area contributed by atoms with Crippen molar-refractivity contribution in [3.63, 3.8) is 0 Å². The maximum absolute atomic E-state index is 12.0. The summed E-state index contributed by atoms with van der Waals surface area (Å²) in [6.45, 7) is 1.93. The highest BCUT2D eigenvalue weighted by molar-refractivity contribution is 5.97. The van der Waals surface area contributed by atoms with Gasteiger partial charge in [0.1, 0.15) is 5.75 Å². The van der Waals surface area contributed by atoms with E-state index in [-0.39, 0.29) is 18.4 Å². The molecule has 0 aliphatic carbocycles. The Morgan fingerprint density at radius 3 is 2.25 bits per heavy atom. The lowest BCUT2D eigenvalue weighted by molar-refractivity contribution is -0.0598. The van der Waals surface area contributed by atoms with E-state index in [0.717, 1.165) is 10.6 Å². The molecular weight excluding hydrogens is 308 g/mol. The lowest BCUT2D eigenvalue weighted by atomic mass is 10.1. The molecule has 0 bridgehead atoms. The van der Waals surface area contributed by atoms with Crippen LogP contribution in [0.25, 0.3) is 0 Å². The molecule has 0 heterocycles. The standard InChI is InChI=1S/C18H20N2O4/c1-13-4-6-14(7-5-13)17(21)12-24-16-10-8-15(9-11-16)19-18(22)20(2)23-3/h4-11H,12H2,1-3H3,(H,19,22). The van der Waals surface area contributed by atoms with Crippen molar-refractivity contribution in [3.05, 3.63) is 59.7 Å². The van der Waals surface area contributed by atoms with Crippen LogP contribution in [0.2, 0.25) is 0 Å². The fourth-order valence-corrected chi connectivity index (χ4v) is 1.89. The number of nitrogens with zero attached hydrogens (tertiary/aromatic N) is 1. The van der Waals surface area contributed by atoms with Crippen LogP contribution in [0.5, 0.6) is 5.75 Å². The molecule has 2 rings (SSSR count). The summed E-state index contributed by atoms with van der Waals surface area (Å²) < 4.78 is 5.48. The average molecular weight is 328 g/mol. The van der Waals surface area contributed by atoms with Crippen LogP contribution in [0.15, 0.2) is 48.5 Å². The van der Waals surface area contributed by atoms with E-state index >= 15 is 0 Å². The number of rotatable bonds is 6. The Balaban J connectivity index is 1.88. The first-order valence-electron chi connectivity index (χ1n) is 7.41. The number of Topliss-reactive ketones (excluding diaryl/α,β-unsaturated/α-hetero) is 1. The number of urea groups is 1. The molecule has 2 aromatic carbocycles. The maximum atomic E-state index is 12.0. The second kappa shape index (κ2) is 8.12. The number of anilines is 1. The summed E-state index contributed by atoms with van der Waals surface area (Å²) in [6, 6.07) is 13.7. The third-order valence-corrected chi connectivity index (χ3v) is 3.41. The van der Waals surface area contributed by atoms with E-state index in [2.05, 4.69) is 5.32 Å². The minimum atomic E-state index is -0.388. The van der Waals surface area contributed by atoms with Crippen LogP contribution >= 0.6 is 0 Å². The molecule has 0 fully saturated rings. The molecule has 0 atom stereocenters. The number of hydrogen-bond donors (Lipinski definition) is 1. The molecule has 0 radical (unpaired) electrons. The van der Waals surface area contributed by atoms with Crippen LogP contribution in [0.4, 0.5) is 10.5 Å². The molecule has 6 heteroatoms. The van der Waals surface area contributed by atoms with Crippen molar-refractivity contribution < 1.29 is 19.2 Å². The third-order valence-electron chi connectivity index (χ3n) is 3.41. The molecule has 126 valence electrons. The van der Waals surface area contributed by atoms with Gasteiger partial charge in [-0.25, -0.2) is 9.86 Å². The quantitative estimate of drug-likeness (QED) is 0.653. The Hall–Kier alpha value is -2.86. The smallest absolute Gasteiger partial charge is 0.345 e. The van der Waals surface area contributed by atoms with Gasteiger partial charge in [0.25, 0.3) is 0 Å². The number of carbonyl (C=O) groups excluding carboxylic acids is 2. The van der Waals surface area contributed by atoms with Crippen LogP contribution < -0.4 is 10.1 Å². The molecule has 0 unspecified atom stereocenters. The first-order valence-corrected chi connectivity index (χ1v) is 7.41. The number of benzene rings is 2. The summed E-state index contributed by atoms with van der Waals surface area (Å²) in [5.41, 5.74) is 2.32. The second-order valence-electron chi connectivity index (χ2n) is 5.21. The van der Waals surface area contributed by atoms with E-state index in [1.807, 2.05) is 19.1 Å². The van der Waals surface area contributed by atoms with Gasteiger partial charge >= 0.3 is 6.03 Å². The lowest BCUT2D eigenvalue weighted by Crippen LogP contribution is -2.30.